The summed E-state index contributed by atoms with van der Waals surface area (Å²) in [6, 6.07) is 0. The molecule has 0 rings (SSSR count). The van der Waals surface area contributed by atoms with Crippen molar-refractivity contribution in [3.05, 3.63) is 0 Å². The first kappa shape index (κ1) is 23.7. The molecule has 0 fully saturated rings. The average Bonchev–Trinajstić information content (AvgIpc) is 2.60. The third kappa shape index (κ3) is 15.3. The monoisotopic (exact) mass is 352 g/mol. The summed E-state index contributed by atoms with van der Waals surface area (Å²) in [6.45, 7) is 18.6. The van der Waals surface area contributed by atoms with Crippen LogP contribution in [0.4, 0.5) is 0 Å². The van der Waals surface area contributed by atoms with Gasteiger partial charge in [-0.2, -0.15) is 0 Å². The highest BCUT2D eigenvalue weighted by Crippen LogP contribution is 1.62. The van der Waals surface area contributed by atoms with Crippen LogP contribution in [0.25, 0.3) is 0 Å². The highest BCUT2D eigenvalue weighted by atomic mass is 15.2. The molecule has 1 unspecified atom stereocenters. The second-order valence-electron chi connectivity index (χ2n) is 6.94. The van der Waals surface area contributed by atoms with Crippen LogP contribution in [0, 0.1) is 0 Å². The summed E-state index contributed by atoms with van der Waals surface area (Å²) in [5.41, 5.74) is 3.97. The Morgan fingerprint density at radius 2 is 1.25 bits per heavy atom. The molecule has 0 saturated carbocycles. The zero-order valence-electron chi connectivity index (χ0n) is 16.9. The lowest BCUT2D eigenvalue weighted by molar-refractivity contribution is -0.932. The first-order valence-corrected chi connectivity index (χ1v) is 10.4. The van der Waals surface area contributed by atoms with Crippen LogP contribution in [-0.4, -0.2) is 99.2 Å². The van der Waals surface area contributed by atoms with Crippen LogP contribution in [0.2, 0.25) is 0 Å². The van der Waals surface area contributed by atoms with Crippen LogP contribution in [-0.2, 0) is 0 Å². The minimum absolute atomic E-state index is 1.06. The quantitative estimate of drug-likeness (QED) is 0.112. The van der Waals surface area contributed by atoms with Crippen molar-refractivity contribution in [3.63, 3.8) is 0 Å². The molecule has 7 heteroatoms. The third-order valence-corrected chi connectivity index (χ3v) is 4.82. The standard InChI is InChI=1S/C17H43N7/c1-4-23(14-6-18)13-5-7-21-8-9-22-12-17-24(15-10-19-2)16-11-20-3/h19-22H,4-18H2,1-3H3/p+7. The number of nitrogens with one attached hydrogen (secondary N) is 2. The Hall–Kier alpha value is -0.280. The van der Waals surface area contributed by atoms with E-state index >= 15 is 0 Å². The van der Waals surface area contributed by atoms with Crippen LogP contribution in [0.3, 0.4) is 0 Å². The van der Waals surface area contributed by atoms with E-state index in [-0.39, 0.29) is 0 Å². The first-order valence-electron chi connectivity index (χ1n) is 10.4. The van der Waals surface area contributed by atoms with Gasteiger partial charge in [0.1, 0.15) is 65.4 Å². The van der Waals surface area contributed by atoms with Crippen LogP contribution in [0.1, 0.15) is 13.3 Å². The summed E-state index contributed by atoms with van der Waals surface area (Å²) in [7, 11) is 4.35. The fraction of sp³-hybridized carbons (Fsp3) is 1.00. The summed E-state index contributed by atoms with van der Waals surface area (Å²) in [6.07, 6.45) is 1.34. The molecule has 0 aromatic rings. The molecule has 0 spiro atoms. The van der Waals surface area contributed by atoms with Crippen molar-refractivity contribution in [2.24, 2.45) is 0 Å². The maximum Gasteiger partial charge on any atom is 0.127 e. The predicted octanol–water partition coefficient (Wildman–Crippen LogP) is -9.08. The fourth-order valence-electron chi connectivity index (χ4n) is 3.13. The molecule has 1 atom stereocenters. The van der Waals surface area contributed by atoms with Gasteiger partial charge in [-0.1, -0.05) is 0 Å². The van der Waals surface area contributed by atoms with E-state index in [9.17, 15) is 0 Å². The maximum atomic E-state index is 3.97. The third-order valence-electron chi connectivity index (χ3n) is 4.82. The van der Waals surface area contributed by atoms with E-state index < -0.39 is 0 Å². The van der Waals surface area contributed by atoms with Gasteiger partial charge in [0, 0.05) is 6.42 Å². The van der Waals surface area contributed by atoms with Crippen molar-refractivity contribution in [1.29, 1.82) is 0 Å². The Labute approximate surface area is 150 Å². The lowest BCUT2D eigenvalue weighted by atomic mass is 10.3. The van der Waals surface area contributed by atoms with E-state index in [0.29, 0.717) is 0 Å². The Balaban J connectivity index is 3.46. The molecule has 13 N–H and O–H groups in total. The molecule has 0 aliphatic rings. The lowest BCUT2D eigenvalue weighted by Crippen LogP contribution is -3.18. The van der Waals surface area contributed by atoms with Gasteiger partial charge in [0.25, 0.3) is 0 Å². The molecule has 0 aliphatic heterocycles. The number of hydrogen-bond donors (Lipinski definition) is 7. The van der Waals surface area contributed by atoms with E-state index in [0.717, 1.165) is 6.54 Å². The van der Waals surface area contributed by atoms with Gasteiger partial charge in [-0.15, -0.1) is 0 Å². The Kier molecular flexibility index (Phi) is 18.8. The molecule has 0 aromatic carbocycles. The fourth-order valence-corrected chi connectivity index (χ4v) is 3.13. The van der Waals surface area contributed by atoms with Crippen molar-refractivity contribution in [2.75, 3.05) is 99.2 Å². The molecule has 0 radical (unpaired) electrons. The average molecular weight is 353 g/mol. The van der Waals surface area contributed by atoms with Crippen LogP contribution >= 0.6 is 0 Å². The van der Waals surface area contributed by atoms with Gasteiger partial charge < -0.3 is 36.8 Å². The minimum Gasteiger partial charge on any atom is -0.353 e. The van der Waals surface area contributed by atoms with Crippen molar-refractivity contribution >= 4 is 0 Å². The van der Waals surface area contributed by atoms with E-state index in [1.54, 1.807) is 9.80 Å². The smallest absolute Gasteiger partial charge is 0.127 e. The van der Waals surface area contributed by atoms with E-state index in [4.69, 9.17) is 0 Å². The maximum absolute atomic E-state index is 3.97. The largest absolute Gasteiger partial charge is 0.353 e. The zero-order valence-corrected chi connectivity index (χ0v) is 16.9. The van der Waals surface area contributed by atoms with Crippen LogP contribution in [0.5, 0.6) is 0 Å². The molecule has 0 aromatic heterocycles. The zero-order chi connectivity index (χ0) is 17.9. The number of quaternary nitrogens is 7. The van der Waals surface area contributed by atoms with E-state index in [2.05, 4.69) is 48.0 Å². The van der Waals surface area contributed by atoms with Gasteiger partial charge in [-0.25, -0.2) is 0 Å². The summed E-state index contributed by atoms with van der Waals surface area (Å²) in [4.78, 5) is 3.47. The summed E-state index contributed by atoms with van der Waals surface area (Å²) in [5, 5.41) is 9.60. The molecular formula is C17H50N7+7. The number of nitrogens with two attached hydrogens (primary N) is 4. The topological polar surface area (TPSA) is 103 Å². The molecule has 0 amide bonds. The SMILES string of the molecule is CC[NH+](CC[NH3+])CCC[NH2+]CC[NH2+]CC[NH+](CC[NH2+]C)CC[NH2+]C. The minimum atomic E-state index is 1.06. The second kappa shape index (κ2) is 19.1. The summed E-state index contributed by atoms with van der Waals surface area (Å²) in [5.74, 6) is 0. The number of hydrogen-bond acceptors (Lipinski definition) is 0. The number of likely N-dealkylation sites (N-methyl/N-ethyl adjacent to an activating group) is 3. The Morgan fingerprint density at radius 1 is 0.667 bits per heavy atom. The van der Waals surface area contributed by atoms with E-state index in [1.807, 2.05) is 0 Å². The van der Waals surface area contributed by atoms with Crippen molar-refractivity contribution in [1.82, 2.24) is 0 Å². The van der Waals surface area contributed by atoms with Gasteiger partial charge in [-0.05, 0) is 6.92 Å². The molecule has 0 aliphatic carbocycles. The van der Waals surface area contributed by atoms with Gasteiger partial charge in [0.05, 0.1) is 33.7 Å². The van der Waals surface area contributed by atoms with Crippen LogP contribution in [0.15, 0.2) is 0 Å². The molecule has 0 saturated heterocycles. The molecule has 0 bridgehead atoms. The van der Waals surface area contributed by atoms with Gasteiger partial charge in [-0.3, -0.25) is 0 Å². The predicted molar refractivity (Wildman–Crippen MR) is 97.9 cm³/mol. The summed E-state index contributed by atoms with van der Waals surface area (Å²) >= 11 is 0. The van der Waals surface area contributed by atoms with Gasteiger partial charge in [0.2, 0.25) is 0 Å². The Bertz CT molecular complexity index is 233. The highest BCUT2D eigenvalue weighted by Gasteiger charge is 2.10. The second-order valence-corrected chi connectivity index (χ2v) is 6.94. The summed E-state index contributed by atoms with van der Waals surface area (Å²) < 4.78 is 0. The first-order chi connectivity index (χ1) is 11.8. The van der Waals surface area contributed by atoms with Crippen molar-refractivity contribution < 1.29 is 36.8 Å². The Morgan fingerprint density at radius 3 is 1.79 bits per heavy atom. The molecule has 0 heterocycles. The normalized spacial score (nSPS) is 12.9. The van der Waals surface area contributed by atoms with Crippen molar-refractivity contribution in [2.45, 2.75) is 13.3 Å². The highest BCUT2D eigenvalue weighted by molar-refractivity contribution is 4.31. The molecule has 7 nitrogen and oxygen atoms in total. The molecule has 146 valence electrons. The van der Waals surface area contributed by atoms with Gasteiger partial charge >= 0.3 is 0 Å². The molecular weight excluding hydrogens is 302 g/mol. The lowest BCUT2D eigenvalue weighted by Gasteiger charge is -2.16. The van der Waals surface area contributed by atoms with Gasteiger partial charge in [0.15, 0.2) is 0 Å². The van der Waals surface area contributed by atoms with Crippen molar-refractivity contribution in [3.8, 4) is 0 Å². The van der Waals surface area contributed by atoms with E-state index in [1.165, 1.54) is 85.0 Å². The molecule has 24 heavy (non-hydrogen) atoms. The van der Waals surface area contributed by atoms with Crippen LogP contribution < -0.4 is 36.8 Å². The number of rotatable bonds is 19.